The van der Waals surface area contributed by atoms with Gasteiger partial charge in [0.25, 0.3) is 0 Å². The fraction of sp³-hybridized carbons (Fsp3) is 0.500. The maximum absolute atomic E-state index is 6.14. The number of fused-ring (bicyclic) bond motifs is 1. The van der Waals surface area contributed by atoms with E-state index in [0.29, 0.717) is 12.4 Å². The summed E-state index contributed by atoms with van der Waals surface area (Å²) in [6.45, 7) is 2.77. The molecule has 2 aromatic heterocycles. The highest BCUT2D eigenvalue weighted by molar-refractivity contribution is 5.33. The van der Waals surface area contributed by atoms with E-state index in [-0.39, 0.29) is 6.04 Å². The Hall–Kier alpha value is -1.62. The number of aryl methyl sites for hydroxylation is 1. The van der Waals surface area contributed by atoms with Crippen LogP contribution in [0, 0.1) is 6.92 Å². The molecular formula is C12H16N4O. The van der Waals surface area contributed by atoms with Gasteiger partial charge in [0.15, 0.2) is 5.82 Å². The molecule has 0 saturated carbocycles. The third kappa shape index (κ3) is 1.76. The van der Waals surface area contributed by atoms with Gasteiger partial charge in [0, 0.05) is 17.4 Å². The van der Waals surface area contributed by atoms with Crippen LogP contribution in [0.1, 0.15) is 41.7 Å². The van der Waals surface area contributed by atoms with Gasteiger partial charge < -0.3 is 14.8 Å². The van der Waals surface area contributed by atoms with Gasteiger partial charge in [-0.05, 0) is 37.8 Å². The molecule has 0 radical (unpaired) electrons. The molecule has 0 bridgehead atoms. The monoisotopic (exact) mass is 232 g/mol. The van der Waals surface area contributed by atoms with E-state index in [9.17, 15) is 0 Å². The van der Waals surface area contributed by atoms with Crippen LogP contribution in [0.25, 0.3) is 0 Å². The number of hydrogen-bond donors (Lipinski definition) is 1. The van der Waals surface area contributed by atoms with Crippen LogP contribution in [0.15, 0.2) is 17.0 Å². The van der Waals surface area contributed by atoms with E-state index < -0.39 is 0 Å². The lowest BCUT2D eigenvalue weighted by Crippen LogP contribution is -2.18. The van der Waals surface area contributed by atoms with E-state index in [1.54, 1.807) is 0 Å². The average Bonchev–Trinajstić information content (AvgIpc) is 2.91. The van der Waals surface area contributed by atoms with Crippen molar-refractivity contribution in [2.45, 2.75) is 38.8 Å². The van der Waals surface area contributed by atoms with E-state index in [1.165, 1.54) is 23.3 Å². The first-order chi connectivity index (χ1) is 8.25. The molecule has 5 nitrogen and oxygen atoms in total. The lowest BCUT2D eigenvalue weighted by Gasteiger charge is -2.20. The summed E-state index contributed by atoms with van der Waals surface area (Å²) in [4.78, 5) is 4.07. The third-order valence-electron chi connectivity index (χ3n) is 3.48. The van der Waals surface area contributed by atoms with Crippen LogP contribution in [0.2, 0.25) is 0 Å². The summed E-state index contributed by atoms with van der Waals surface area (Å²) in [6.07, 6.45) is 4.70. The van der Waals surface area contributed by atoms with Crippen LogP contribution in [0.4, 0.5) is 0 Å². The molecule has 1 atom stereocenters. The van der Waals surface area contributed by atoms with E-state index in [0.717, 1.165) is 19.3 Å². The van der Waals surface area contributed by atoms with Crippen LogP contribution in [-0.2, 0) is 13.0 Å². The second kappa shape index (κ2) is 4.00. The quantitative estimate of drug-likeness (QED) is 0.853. The van der Waals surface area contributed by atoms with Crippen LogP contribution < -0.4 is 5.73 Å². The Balaban J connectivity index is 1.99. The number of nitrogens with zero attached hydrogens (tertiary/aromatic N) is 3. The van der Waals surface area contributed by atoms with Crippen molar-refractivity contribution >= 4 is 0 Å². The lowest BCUT2D eigenvalue weighted by atomic mass is 9.93. The van der Waals surface area contributed by atoms with Crippen molar-refractivity contribution in [3.05, 3.63) is 35.2 Å². The molecule has 2 N–H and O–H groups in total. The SMILES string of the molecule is Cc1cc2c(n1Cc1ncon1)CCCC2N. The van der Waals surface area contributed by atoms with Gasteiger partial charge in [0.1, 0.15) is 0 Å². The molecule has 0 aromatic carbocycles. The summed E-state index contributed by atoms with van der Waals surface area (Å²) in [7, 11) is 0. The Bertz CT molecular complexity index is 515. The zero-order valence-electron chi connectivity index (χ0n) is 9.89. The van der Waals surface area contributed by atoms with Gasteiger partial charge in [-0.25, -0.2) is 0 Å². The molecule has 2 aromatic rings. The van der Waals surface area contributed by atoms with Gasteiger partial charge >= 0.3 is 0 Å². The Morgan fingerprint density at radius 1 is 1.59 bits per heavy atom. The fourth-order valence-electron chi connectivity index (χ4n) is 2.62. The summed E-state index contributed by atoms with van der Waals surface area (Å²) in [5, 5.41) is 3.86. The topological polar surface area (TPSA) is 69.9 Å². The molecule has 1 aliphatic rings. The molecule has 0 spiro atoms. The van der Waals surface area contributed by atoms with Crippen LogP contribution in [0.5, 0.6) is 0 Å². The van der Waals surface area contributed by atoms with Crippen LogP contribution >= 0.6 is 0 Å². The van der Waals surface area contributed by atoms with E-state index >= 15 is 0 Å². The molecule has 0 saturated heterocycles. The van der Waals surface area contributed by atoms with Gasteiger partial charge in [-0.1, -0.05) is 5.16 Å². The number of aromatic nitrogens is 3. The Labute approximate surface area is 99.6 Å². The minimum absolute atomic E-state index is 0.184. The predicted octanol–water partition coefficient (Wildman–Crippen LogP) is 1.56. The Morgan fingerprint density at radius 2 is 2.47 bits per heavy atom. The van der Waals surface area contributed by atoms with E-state index in [1.807, 2.05) is 0 Å². The van der Waals surface area contributed by atoms with Crippen LogP contribution in [0.3, 0.4) is 0 Å². The van der Waals surface area contributed by atoms with Crippen molar-refractivity contribution in [3.8, 4) is 0 Å². The minimum atomic E-state index is 0.184. The highest BCUT2D eigenvalue weighted by Crippen LogP contribution is 2.30. The molecular weight excluding hydrogens is 216 g/mol. The maximum atomic E-state index is 6.14. The highest BCUT2D eigenvalue weighted by atomic mass is 16.5. The summed E-state index contributed by atoms with van der Waals surface area (Å²) in [5.41, 5.74) is 9.99. The molecule has 1 unspecified atom stereocenters. The van der Waals surface area contributed by atoms with Gasteiger partial charge in [0.05, 0.1) is 6.54 Å². The van der Waals surface area contributed by atoms with Crippen molar-refractivity contribution in [1.82, 2.24) is 14.7 Å². The maximum Gasteiger partial charge on any atom is 0.213 e. The first kappa shape index (κ1) is 10.5. The zero-order valence-corrected chi connectivity index (χ0v) is 9.89. The Kier molecular flexibility index (Phi) is 2.48. The molecule has 0 fully saturated rings. The second-order valence-corrected chi connectivity index (χ2v) is 4.62. The van der Waals surface area contributed by atoms with E-state index in [4.69, 9.17) is 10.3 Å². The van der Waals surface area contributed by atoms with Crippen molar-refractivity contribution in [2.24, 2.45) is 5.73 Å². The average molecular weight is 232 g/mol. The third-order valence-corrected chi connectivity index (χ3v) is 3.48. The summed E-state index contributed by atoms with van der Waals surface area (Å²) in [5.74, 6) is 0.714. The smallest absolute Gasteiger partial charge is 0.213 e. The van der Waals surface area contributed by atoms with Crippen molar-refractivity contribution < 1.29 is 4.52 Å². The number of nitrogens with two attached hydrogens (primary N) is 1. The molecule has 0 aliphatic heterocycles. The molecule has 90 valence electrons. The Morgan fingerprint density at radius 3 is 3.24 bits per heavy atom. The fourth-order valence-corrected chi connectivity index (χ4v) is 2.62. The highest BCUT2D eigenvalue weighted by Gasteiger charge is 2.22. The van der Waals surface area contributed by atoms with Crippen molar-refractivity contribution in [2.75, 3.05) is 0 Å². The normalized spacial score (nSPS) is 19.3. The second-order valence-electron chi connectivity index (χ2n) is 4.62. The van der Waals surface area contributed by atoms with Gasteiger partial charge in [-0.3, -0.25) is 0 Å². The molecule has 5 heteroatoms. The lowest BCUT2D eigenvalue weighted by molar-refractivity contribution is 0.407. The minimum Gasteiger partial charge on any atom is -0.343 e. The predicted molar refractivity (Wildman–Crippen MR) is 62.4 cm³/mol. The van der Waals surface area contributed by atoms with Crippen molar-refractivity contribution in [1.29, 1.82) is 0 Å². The first-order valence-corrected chi connectivity index (χ1v) is 5.95. The summed E-state index contributed by atoms with van der Waals surface area (Å²) in [6, 6.07) is 2.38. The zero-order chi connectivity index (χ0) is 11.8. The van der Waals surface area contributed by atoms with Gasteiger partial charge in [-0.15, -0.1) is 0 Å². The largest absolute Gasteiger partial charge is 0.343 e. The van der Waals surface area contributed by atoms with Crippen molar-refractivity contribution in [3.63, 3.8) is 0 Å². The van der Waals surface area contributed by atoms with Gasteiger partial charge in [0.2, 0.25) is 6.39 Å². The standard InChI is InChI=1S/C12H16N4O/c1-8-5-9-10(13)3-2-4-11(9)16(8)6-12-14-7-17-15-12/h5,7,10H,2-4,6,13H2,1H3. The number of hydrogen-bond acceptors (Lipinski definition) is 4. The van der Waals surface area contributed by atoms with Crippen LogP contribution in [-0.4, -0.2) is 14.7 Å². The molecule has 17 heavy (non-hydrogen) atoms. The first-order valence-electron chi connectivity index (χ1n) is 5.95. The van der Waals surface area contributed by atoms with E-state index in [2.05, 4.69) is 27.7 Å². The molecule has 2 heterocycles. The van der Waals surface area contributed by atoms with Gasteiger partial charge in [-0.2, -0.15) is 4.98 Å². The number of rotatable bonds is 2. The molecule has 0 amide bonds. The molecule has 1 aliphatic carbocycles. The summed E-state index contributed by atoms with van der Waals surface area (Å²) >= 11 is 0. The summed E-state index contributed by atoms with van der Waals surface area (Å²) < 4.78 is 7.02. The molecule has 3 rings (SSSR count).